The van der Waals surface area contributed by atoms with Crippen LogP contribution in [-0.4, -0.2) is 38.3 Å². The van der Waals surface area contributed by atoms with E-state index in [0.717, 1.165) is 10.9 Å². The van der Waals surface area contributed by atoms with Gasteiger partial charge < -0.3 is 15.0 Å². The van der Waals surface area contributed by atoms with Gasteiger partial charge in [0, 0.05) is 36.7 Å². The van der Waals surface area contributed by atoms with Crippen LogP contribution in [0.1, 0.15) is 61.4 Å². The van der Waals surface area contributed by atoms with Crippen molar-refractivity contribution >= 4 is 22.8 Å². The summed E-state index contributed by atoms with van der Waals surface area (Å²) in [5.74, 6) is -2.10. The molecule has 0 radical (unpaired) electrons. The lowest BCUT2D eigenvalue weighted by Gasteiger charge is -2.38. The number of alkyl halides is 2. The van der Waals surface area contributed by atoms with Gasteiger partial charge in [0.15, 0.2) is 5.78 Å². The monoisotopic (exact) mass is 426 g/mol. The van der Waals surface area contributed by atoms with Gasteiger partial charge in [0.2, 0.25) is 11.9 Å². The molecule has 0 saturated heterocycles. The molecule has 1 fully saturated rings. The van der Waals surface area contributed by atoms with Crippen LogP contribution in [0.15, 0.2) is 36.7 Å². The smallest absolute Gasteiger partial charge is 0.248 e. The summed E-state index contributed by atoms with van der Waals surface area (Å²) < 4.78 is 32.9. The van der Waals surface area contributed by atoms with Gasteiger partial charge in [-0.15, -0.1) is 0 Å². The number of carbonyl (C=O) groups is 1. The molecule has 162 valence electrons. The minimum absolute atomic E-state index is 0.00177. The fourth-order valence-electron chi connectivity index (χ4n) is 4.69. The predicted molar refractivity (Wildman–Crippen MR) is 113 cm³/mol. The molecule has 3 aromatic rings. The number of benzene rings is 1. The van der Waals surface area contributed by atoms with Crippen molar-refractivity contribution in [1.29, 1.82) is 0 Å². The second-order valence-electron chi connectivity index (χ2n) is 8.97. The molecule has 31 heavy (non-hydrogen) atoms. The lowest BCUT2D eigenvalue weighted by atomic mass is 9.77. The molecular formula is C23H24F2N4O2. The number of ether oxygens (including phenoxy) is 1. The minimum Gasteiger partial charge on any atom is -0.486 e. The number of aromatic nitrogens is 3. The Bertz CT molecular complexity index is 1150. The van der Waals surface area contributed by atoms with Gasteiger partial charge in [-0.2, -0.15) is 4.98 Å². The van der Waals surface area contributed by atoms with E-state index in [9.17, 15) is 13.6 Å². The zero-order valence-electron chi connectivity index (χ0n) is 17.4. The van der Waals surface area contributed by atoms with E-state index in [1.807, 2.05) is 32.0 Å². The predicted octanol–water partition coefficient (Wildman–Crippen LogP) is 5.09. The van der Waals surface area contributed by atoms with Crippen LogP contribution in [0.4, 0.5) is 14.7 Å². The molecule has 3 heterocycles. The first kappa shape index (κ1) is 19.9. The normalized spacial score (nSPS) is 22.7. The quantitative estimate of drug-likeness (QED) is 0.610. The van der Waals surface area contributed by atoms with E-state index in [1.165, 1.54) is 0 Å². The molecule has 1 saturated carbocycles. The Balaban J connectivity index is 1.43. The van der Waals surface area contributed by atoms with Crippen molar-refractivity contribution in [2.75, 3.05) is 5.32 Å². The number of nitrogens with zero attached hydrogens (tertiary/aromatic N) is 2. The van der Waals surface area contributed by atoms with Gasteiger partial charge >= 0.3 is 0 Å². The molecule has 2 N–H and O–H groups in total. The Morgan fingerprint density at radius 2 is 1.94 bits per heavy atom. The number of ketones is 1. The first-order valence-corrected chi connectivity index (χ1v) is 10.5. The summed E-state index contributed by atoms with van der Waals surface area (Å²) in [6.07, 6.45) is 3.97. The number of Topliss-reactive ketones (excluding diaryl/α,β-unsaturated/α-hetero) is 1. The molecule has 2 aromatic heterocycles. The first-order valence-electron chi connectivity index (χ1n) is 10.5. The maximum absolute atomic E-state index is 13.4. The summed E-state index contributed by atoms with van der Waals surface area (Å²) in [7, 11) is 0. The molecule has 0 spiro atoms. The van der Waals surface area contributed by atoms with Crippen LogP contribution in [0, 0.1) is 0 Å². The number of hydrogen-bond donors (Lipinski definition) is 2. The largest absolute Gasteiger partial charge is 0.486 e. The van der Waals surface area contributed by atoms with Gasteiger partial charge in [-0.1, -0.05) is 12.1 Å². The summed E-state index contributed by atoms with van der Waals surface area (Å²) in [5, 5.41) is 3.92. The van der Waals surface area contributed by atoms with Crippen LogP contribution in [0.5, 0.6) is 5.75 Å². The molecule has 6 nitrogen and oxygen atoms in total. The van der Waals surface area contributed by atoms with Crippen molar-refractivity contribution in [3.63, 3.8) is 0 Å². The van der Waals surface area contributed by atoms with Crippen LogP contribution in [0.3, 0.4) is 0 Å². The Labute approximate surface area is 178 Å². The minimum atomic E-state index is -2.57. The van der Waals surface area contributed by atoms with Crippen molar-refractivity contribution in [3.8, 4) is 5.75 Å². The Hall–Kier alpha value is -3.03. The fourth-order valence-corrected chi connectivity index (χ4v) is 4.69. The molecular weight excluding hydrogens is 402 g/mol. The fraction of sp³-hybridized carbons (Fsp3) is 0.435. The first-order chi connectivity index (χ1) is 14.7. The zero-order valence-corrected chi connectivity index (χ0v) is 17.4. The maximum atomic E-state index is 13.4. The maximum Gasteiger partial charge on any atom is 0.248 e. The second-order valence-corrected chi connectivity index (χ2v) is 8.97. The SMILES string of the molecule is CC1(C)Oc2ccccc2C(=O)C1c1c[nH]c2nc(NC3CCC(F)(F)CC3)ncc12. The highest BCUT2D eigenvalue weighted by Crippen LogP contribution is 2.44. The van der Waals surface area contributed by atoms with Crippen molar-refractivity contribution < 1.29 is 18.3 Å². The number of fused-ring (bicyclic) bond motifs is 2. The van der Waals surface area contributed by atoms with Gasteiger partial charge in [-0.25, -0.2) is 13.8 Å². The van der Waals surface area contributed by atoms with E-state index >= 15 is 0 Å². The van der Waals surface area contributed by atoms with E-state index in [1.54, 1.807) is 18.5 Å². The van der Waals surface area contributed by atoms with E-state index in [2.05, 4.69) is 20.3 Å². The summed E-state index contributed by atoms with van der Waals surface area (Å²) >= 11 is 0. The van der Waals surface area contributed by atoms with Crippen molar-refractivity contribution in [3.05, 3.63) is 47.8 Å². The number of hydrogen-bond acceptors (Lipinski definition) is 5. The Kier molecular flexibility index (Phi) is 4.50. The number of rotatable bonds is 3. The van der Waals surface area contributed by atoms with Gasteiger partial charge in [0.1, 0.15) is 17.0 Å². The molecule has 2 aliphatic rings. The molecule has 5 rings (SSSR count). The average molecular weight is 426 g/mol. The molecule has 1 atom stereocenters. The summed E-state index contributed by atoms with van der Waals surface area (Å²) in [4.78, 5) is 25.4. The van der Waals surface area contributed by atoms with Gasteiger partial charge in [-0.05, 0) is 44.4 Å². The van der Waals surface area contributed by atoms with Gasteiger partial charge in [-0.3, -0.25) is 4.79 Å². The average Bonchev–Trinajstić information content (AvgIpc) is 3.12. The van der Waals surface area contributed by atoms with Crippen molar-refractivity contribution in [1.82, 2.24) is 15.0 Å². The standard InChI is InChI=1S/C23H24F2N4O2/c1-22(2)18(19(30)14-5-3-4-6-17(14)31-22)15-11-26-20-16(15)12-27-21(29-20)28-13-7-9-23(24,25)10-8-13/h3-6,11-13,18H,7-10H2,1-2H3,(H2,26,27,28,29). The van der Waals surface area contributed by atoms with E-state index in [4.69, 9.17) is 4.74 Å². The number of anilines is 1. The topological polar surface area (TPSA) is 79.9 Å². The van der Waals surface area contributed by atoms with E-state index < -0.39 is 17.4 Å². The lowest BCUT2D eigenvalue weighted by Crippen LogP contribution is -2.44. The molecule has 0 amide bonds. The number of H-pyrrole nitrogens is 1. The third kappa shape index (κ3) is 3.54. The van der Waals surface area contributed by atoms with Crippen molar-refractivity contribution in [2.24, 2.45) is 0 Å². The number of para-hydroxylation sites is 1. The number of aromatic amines is 1. The molecule has 8 heteroatoms. The lowest BCUT2D eigenvalue weighted by molar-refractivity contribution is -0.0361. The molecule has 1 aromatic carbocycles. The number of carbonyl (C=O) groups excluding carboxylic acids is 1. The zero-order chi connectivity index (χ0) is 21.8. The van der Waals surface area contributed by atoms with Crippen LogP contribution < -0.4 is 10.1 Å². The van der Waals surface area contributed by atoms with E-state index in [-0.39, 0.29) is 24.7 Å². The van der Waals surface area contributed by atoms with Crippen LogP contribution in [0.2, 0.25) is 0 Å². The summed E-state index contributed by atoms with van der Waals surface area (Å²) in [6.45, 7) is 3.81. The Morgan fingerprint density at radius 1 is 1.19 bits per heavy atom. The highest BCUT2D eigenvalue weighted by molar-refractivity contribution is 6.06. The van der Waals surface area contributed by atoms with Crippen LogP contribution in [0.25, 0.3) is 11.0 Å². The molecule has 1 aliphatic heterocycles. The third-order valence-electron chi connectivity index (χ3n) is 6.31. The second kappa shape index (κ2) is 7.00. The van der Waals surface area contributed by atoms with Crippen LogP contribution >= 0.6 is 0 Å². The Morgan fingerprint density at radius 3 is 2.71 bits per heavy atom. The molecule has 1 unspecified atom stereocenters. The molecule has 1 aliphatic carbocycles. The highest BCUT2D eigenvalue weighted by Gasteiger charge is 2.45. The summed E-state index contributed by atoms with van der Waals surface area (Å²) in [5.41, 5.74) is 1.19. The third-order valence-corrected chi connectivity index (χ3v) is 6.31. The van der Waals surface area contributed by atoms with Gasteiger partial charge in [0.25, 0.3) is 0 Å². The number of nitrogens with one attached hydrogen (secondary N) is 2. The summed E-state index contributed by atoms with van der Waals surface area (Å²) in [6, 6.07) is 7.19. The molecule has 0 bridgehead atoms. The van der Waals surface area contributed by atoms with E-state index in [0.29, 0.717) is 35.8 Å². The van der Waals surface area contributed by atoms with Crippen molar-refractivity contribution in [2.45, 2.75) is 63.0 Å². The number of halogens is 2. The van der Waals surface area contributed by atoms with Crippen LogP contribution in [-0.2, 0) is 0 Å². The highest BCUT2D eigenvalue weighted by atomic mass is 19.3. The van der Waals surface area contributed by atoms with Gasteiger partial charge in [0.05, 0.1) is 11.5 Å².